The molecule has 0 heterocycles. The summed E-state index contributed by atoms with van der Waals surface area (Å²) in [6, 6.07) is 6.24. The number of hydrogen-bond donors (Lipinski definition) is 1. The standard InChI is InChI=1S/C14H16N2O3/c1-3-4-9-15-13(14(17)19-2)10-11-5-7-12(16-18)8-6-11/h3-9,13,15H,1,10H2,2H3/b9-4-. The third kappa shape index (κ3) is 4.75. The van der Waals surface area contributed by atoms with Crippen molar-refractivity contribution in [2.24, 2.45) is 5.18 Å². The molecule has 1 N–H and O–H groups in total. The van der Waals surface area contributed by atoms with Gasteiger partial charge in [-0.25, -0.2) is 4.79 Å². The van der Waals surface area contributed by atoms with E-state index in [0.717, 1.165) is 5.56 Å². The summed E-state index contributed by atoms with van der Waals surface area (Å²) < 4.78 is 4.73. The number of nitroso groups, excluding NO2 is 1. The Kier molecular flexibility index (Phi) is 6.02. The van der Waals surface area contributed by atoms with Gasteiger partial charge in [0.05, 0.1) is 7.11 Å². The Morgan fingerprint density at radius 2 is 2.16 bits per heavy atom. The van der Waals surface area contributed by atoms with E-state index in [4.69, 9.17) is 4.74 Å². The molecule has 0 aromatic heterocycles. The zero-order valence-electron chi connectivity index (χ0n) is 10.7. The van der Waals surface area contributed by atoms with Gasteiger partial charge in [-0.15, -0.1) is 4.91 Å². The van der Waals surface area contributed by atoms with Crippen LogP contribution in [0.3, 0.4) is 0 Å². The third-order valence-electron chi connectivity index (χ3n) is 2.50. The number of allylic oxidation sites excluding steroid dienone is 2. The lowest BCUT2D eigenvalue weighted by Gasteiger charge is -2.14. The first kappa shape index (κ1) is 14.6. The summed E-state index contributed by atoms with van der Waals surface area (Å²) in [5.74, 6) is -0.355. The van der Waals surface area contributed by atoms with Crippen molar-refractivity contribution in [1.82, 2.24) is 5.32 Å². The van der Waals surface area contributed by atoms with Crippen LogP contribution in [0.4, 0.5) is 5.69 Å². The minimum absolute atomic E-state index is 0.355. The highest BCUT2D eigenvalue weighted by Gasteiger charge is 2.17. The van der Waals surface area contributed by atoms with Crippen molar-refractivity contribution in [3.63, 3.8) is 0 Å². The molecule has 0 radical (unpaired) electrons. The minimum Gasteiger partial charge on any atom is -0.467 e. The van der Waals surface area contributed by atoms with Gasteiger partial charge in [0.1, 0.15) is 11.7 Å². The van der Waals surface area contributed by atoms with Gasteiger partial charge in [-0.3, -0.25) is 0 Å². The molecule has 0 bridgehead atoms. The van der Waals surface area contributed by atoms with Gasteiger partial charge in [0.15, 0.2) is 0 Å². The van der Waals surface area contributed by atoms with E-state index in [0.29, 0.717) is 12.1 Å². The molecule has 1 rings (SSSR count). The number of carbonyl (C=O) groups is 1. The van der Waals surface area contributed by atoms with E-state index in [1.54, 1.807) is 42.6 Å². The van der Waals surface area contributed by atoms with Gasteiger partial charge in [-0.2, -0.15) is 0 Å². The number of nitrogens with one attached hydrogen (secondary N) is 1. The summed E-state index contributed by atoms with van der Waals surface area (Å²) >= 11 is 0. The summed E-state index contributed by atoms with van der Waals surface area (Å²) in [5.41, 5.74) is 1.26. The maximum absolute atomic E-state index is 11.6. The summed E-state index contributed by atoms with van der Waals surface area (Å²) in [6.45, 7) is 3.54. The second kappa shape index (κ2) is 7.81. The molecule has 0 spiro atoms. The molecular formula is C14H16N2O3. The van der Waals surface area contributed by atoms with Gasteiger partial charge in [0.25, 0.3) is 0 Å². The van der Waals surface area contributed by atoms with Crippen LogP contribution in [-0.2, 0) is 16.0 Å². The maximum atomic E-state index is 11.6. The molecule has 5 heteroatoms. The third-order valence-corrected chi connectivity index (χ3v) is 2.50. The number of benzene rings is 1. The minimum atomic E-state index is -0.490. The van der Waals surface area contributed by atoms with E-state index >= 15 is 0 Å². The molecule has 0 amide bonds. The van der Waals surface area contributed by atoms with E-state index in [-0.39, 0.29) is 5.97 Å². The molecule has 1 aromatic rings. The lowest BCUT2D eigenvalue weighted by atomic mass is 10.1. The van der Waals surface area contributed by atoms with Crippen molar-refractivity contribution in [2.45, 2.75) is 12.5 Å². The summed E-state index contributed by atoms with van der Waals surface area (Å²) in [6.07, 6.45) is 5.38. The van der Waals surface area contributed by atoms with E-state index in [2.05, 4.69) is 17.1 Å². The number of hydrogen-bond acceptors (Lipinski definition) is 5. The summed E-state index contributed by atoms with van der Waals surface area (Å²) in [7, 11) is 1.34. The molecule has 1 atom stereocenters. The second-order valence-electron chi connectivity index (χ2n) is 3.80. The number of methoxy groups -OCH3 is 1. The van der Waals surface area contributed by atoms with E-state index in [9.17, 15) is 9.70 Å². The van der Waals surface area contributed by atoms with Crippen LogP contribution in [0.1, 0.15) is 5.56 Å². The van der Waals surface area contributed by atoms with Crippen molar-refractivity contribution in [2.75, 3.05) is 7.11 Å². The Balaban J connectivity index is 2.74. The normalized spacial score (nSPS) is 11.8. The largest absolute Gasteiger partial charge is 0.467 e. The highest BCUT2D eigenvalue weighted by atomic mass is 16.5. The first-order valence-corrected chi connectivity index (χ1v) is 5.75. The number of ether oxygens (including phenoxy) is 1. The zero-order valence-corrected chi connectivity index (χ0v) is 10.7. The maximum Gasteiger partial charge on any atom is 0.328 e. The number of rotatable bonds is 7. The van der Waals surface area contributed by atoms with Crippen molar-refractivity contribution < 1.29 is 9.53 Å². The van der Waals surface area contributed by atoms with Crippen molar-refractivity contribution in [3.8, 4) is 0 Å². The van der Waals surface area contributed by atoms with Crippen LogP contribution < -0.4 is 5.32 Å². The molecule has 0 aliphatic carbocycles. The van der Waals surface area contributed by atoms with Gasteiger partial charge >= 0.3 is 5.97 Å². The van der Waals surface area contributed by atoms with Crippen LogP contribution in [-0.4, -0.2) is 19.1 Å². The molecule has 0 fully saturated rings. The highest BCUT2D eigenvalue weighted by molar-refractivity contribution is 5.76. The van der Waals surface area contributed by atoms with Crippen molar-refractivity contribution in [1.29, 1.82) is 0 Å². The fourth-order valence-corrected chi connectivity index (χ4v) is 1.52. The fraction of sp³-hybridized carbons (Fsp3) is 0.214. The molecule has 100 valence electrons. The molecule has 0 saturated carbocycles. The summed E-state index contributed by atoms with van der Waals surface area (Å²) in [4.78, 5) is 21.9. The smallest absolute Gasteiger partial charge is 0.328 e. The van der Waals surface area contributed by atoms with Crippen LogP contribution in [0.15, 0.2) is 54.4 Å². The number of nitrogens with zero attached hydrogens (tertiary/aromatic N) is 1. The SMILES string of the molecule is C=C/C=C\NC(Cc1ccc(N=O)cc1)C(=O)OC. The lowest BCUT2D eigenvalue weighted by Crippen LogP contribution is -2.36. The van der Waals surface area contributed by atoms with Crippen LogP contribution in [0.5, 0.6) is 0 Å². The molecule has 1 unspecified atom stereocenters. The van der Waals surface area contributed by atoms with Gasteiger partial charge in [0.2, 0.25) is 0 Å². The topological polar surface area (TPSA) is 67.8 Å². The molecule has 19 heavy (non-hydrogen) atoms. The van der Waals surface area contributed by atoms with Crippen LogP contribution >= 0.6 is 0 Å². The van der Waals surface area contributed by atoms with Gasteiger partial charge in [-0.05, 0) is 35.1 Å². The second-order valence-corrected chi connectivity index (χ2v) is 3.80. The van der Waals surface area contributed by atoms with Crippen LogP contribution in [0.2, 0.25) is 0 Å². The highest BCUT2D eigenvalue weighted by Crippen LogP contribution is 2.13. The summed E-state index contributed by atoms with van der Waals surface area (Å²) in [5, 5.41) is 5.76. The van der Waals surface area contributed by atoms with Crippen molar-refractivity contribution >= 4 is 11.7 Å². The van der Waals surface area contributed by atoms with E-state index < -0.39 is 6.04 Å². The first-order chi connectivity index (χ1) is 9.21. The van der Waals surface area contributed by atoms with E-state index in [1.807, 2.05) is 0 Å². The van der Waals surface area contributed by atoms with Gasteiger partial charge < -0.3 is 10.1 Å². The zero-order chi connectivity index (χ0) is 14.1. The van der Waals surface area contributed by atoms with Crippen LogP contribution in [0.25, 0.3) is 0 Å². The Labute approximate surface area is 111 Å². The Morgan fingerprint density at radius 1 is 1.47 bits per heavy atom. The molecule has 0 aliphatic rings. The predicted octanol–water partition coefficient (Wildman–Crippen LogP) is 2.46. The molecular weight excluding hydrogens is 244 g/mol. The molecule has 0 aliphatic heterocycles. The van der Waals surface area contributed by atoms with Crippen molar-refractivity contribution in [3.05, 3.63) is 59.7 Å². The van der Waals surface area contributed by atoms with Gasteiger partial charge in [-0.1, -0.05) is 24.8 Å². The molecule has 0 saturated heterocycles. The molecule has 1 aromatic carbocycles. The van der Waals surface area contributed by atoms with E-state index in [1.165, 1.54) is 7.11 Å². The Morgan fingerprint density at radius 3 is 2.68 bits per heavy atom. The first-order valence-electron chi connectivity index (χ1n) is 5.75. The Hall–Kier alpha value is -2.43. The fourth-order valence-electron chi connectivity index (χ4n) is 1.52. The van der Waals surface area contributed by atoms with Gasteiger partial charge in [0, 0.05) is 6.42 Å². The Bertz CT molecular complexity index is 466. The lowest BCUT2D eigenvalue weighted by molar-refractivity contribution is -0.142. The quantitative estimate of drug-likeness (QED) is 0.464. The van der Waals surface area contributed by atoms with Crippen LogP contribution in [0, 0.1) is 4.91 Å². The monoisotopic (exact) mass is 260 g/mol. The average molecular weight is 260 g/mol. The molecule has 5 nitrogen and oxygen atoms in total. The number of esters is 1. The predicted molar refractivity (Wildman–Crippen MR) is 73.9 cm³/mol. The average Bonchev–Trinajstić information content (AvgIpc) is 2.46. The number of carbonyl (C=O) groups excluding carboxylic acids is 1.